The third kappa shape index (κ3) is 13.5. The molecule has 5 rings (SSSR count). The molecule has 5 N–H and O–H groups in total. The highest BCUT2D eigenvalue weighted by Crippen LogP contribution is 2.26. The number of alkyl carbamates (subject to hydrolysis) is 1. The van der Waals surface area contributed by atoms with Gasteiger partial charge in [0.2, 0.25) is 15.9 Å². The number of benzene rings is 3. The molecule has 2 heterocycles. The van der Waals surface area contributed by atoms with Gasteiger partial charge in [-0.2, -0.15) is 4.72 Å². The maximum absolute atomic E-state index is 13.6. The smallest absolute Gasteiger partial charge is 0.407 e. The molecule has 314 valence electrons. The van der Waals surface area contributed by atoms with Crippen molar-refractivity contribution in [2.75, 3.05) is 45.2 Å². The van der Waals surface area contributed by atoms with Gasteiger partial charge in [-0.15, -0.1) is 0 Å². The van der Waals surface area contributed by atoms with Crippen LogP contribution in [-0.4, -0.2) is 83.2 Å². The van der Waals surface area contributed by atoms with Crippen molar-refractivity contribution in [2.45, 2.75) is 69.9 Å². The Hall–Kier alpha value is -6.00. The highest BCUT2D eigenvalue weighted by atomic mass is 32.2. The van der Waals surface area contributed by atoms with Gasteiger partial charge >= 0.3 is 12.1 Å². The second-order valence-corrected chi connectivity index (χ2v) is 15.8. The molecule has 0 spiro atoms. The lowest BCUT2D eigenvalue weighted by atomic mass is 10.0. The number of hydrogen-bond donors (Lipinski definition) is 5. The molecule has 0 radical (unpaired) electrons. The summed E-state index contributed by atoms with van der Waals surface area (Å²) in [4.78, 5) is 54.5. The van der Waals surface area contributed by atoms with Crippen LogP contribution in [0.5, 0.6) is 5.75 Å². The van der Waals surface area contributed by atoms with E-state index in [1.807, 2.05) is 42.5 Å². The summed E-state index contributed by atoms with van der Waals surface area (Å²) < 4.78 is 45.4. The van der Waals surface area contributed by atoms with Crippen LogP contribution in [-0.2, 0) is 55.0 Å². The van der Waals surface area contributed by atoms with E-state index in [1.54, 1.807) is 38.1 Å². The van der Waals surface area contributed by atoms with Gasteiger partial charge in [0.05, 0.1) is 18.6 Å². The summed E-state index contributed by atoms with van der Waals surface area (Å²) in [6.07, 6.45) is 3.60. The minimum atomic E-state index is -4.27. The first kappa shape index (κ1) is 44.1. The molecule has 16 heteroatoms. The van der Waals surface area contributed by atoms with Crippen molar-refractivity contribution >= 4 is 39.7 Å². The minimum absolute atomic E-state index is 0.0422. The molecule has 3 aromatic carbocycles. The van der Waals surface area contributed by atoms with E-state index in [-0.39, 0.29) is 50.1 Å². The maximum Gasteiger partial charge on any atom is 0.407 e. The summed E-state index contributed by atoms with van der Waals surface area (Å²) in [5, 5.41) is 11.3. The molecular weight excluding hydrogens is 777 g/mol. The first-order valence-corrected chi connectivity index (χ1v) is 21.1. The van der Waals surface area contributed by atoms with Crippen molar-refractivity contribution in [2.24, 2.45) is 0 Å². The van der Waals surface area contributed by atoms with E-state index >= 15 is 0 Å². The molecule has 0 aliphatic carbocycles. The molecule has 3 amide bonds. The lowest BCUT2D eigenvalue weighted by Gasteiger charge is -2.20. The van der Waals surface area contributed by atoms with Gasteiger partial charge in [-0.1, -0.05) is 48.5 Å². The van der Waals surface area contributed by atoms with Crippen molar-refractivity contribution in [3.63, 3.8) is 0 Å². The van der Waals surface area contributed by atoms with Gasteiger partial charge in [0.1, 0.15) is 24.2 Å². The van der Waals surface area contributed by atoms with Gasteiger partial charge in [0.15, 0.2) is 0 Å². The van der Waals surface area contributed by atoms with Crippen LogP contribution < -0.4 is 30.7 Å². The lowest BCUT2D eigenvalue weighted by molar-refractivity contribution is -0.142. The zero-order chi connectivity index (χ0) is 42.2. The standard InChI is InChI=1S/C43H52N6O9S/c1-29-25-36(57-24-8-12-38(50)44-22-23-46-43(53)58-28-32-9-5-4-6-10-32)26-30(2)39(29)59(54,55)49-37(42(52)56-3)27-47-41(51)34-16-13-31(14-17-34)15-19-35-20-18-33-11-7-21-45-40(33)48-35/h4-6,9-10,13-14,16-18,20,25-26,37,49H,7-8,11-12,15,19,21-24,27-28H2,1-3H3,(H,44,50)(H,45,48)(H,46,53)(H,47,51). The zero-order valence-electron chi connectivity index (χ0n) is 33.6. The molecule has 1 aliphatic rings. The average molecular weight is 829 g/mol. The summed E-state index contributed by atoms with van der Waals surface area (Å²) in [7, 11) is -3.13. The topological polar surface area (TPSA) is 203 Å². The van der Waals surface area contributed by atoms with Crippen molar-refractivity contribution < 1.29 is 41.8 Å². The van der Waals surface area contributed by atoms with E-state index in [4.69, 9.17) is 19.2 Å². The van der Waals surface area contributed by atoms with E-state index < -0.39 is 34.0 Å². The molecule has 0 fully saturated rings. The number of hydrogen-bond acceptors (Lipinski definition) is 11. The average Bonchev–Trinajstić information content (AvgIpc) is 3.23. The zero-order valence-corrected chi connectivity index (χ0v) is 34.4. The number of sulfonamides is 1. The third-order valence-electron chi connectivity index (χ3n) is 9.54. The number of rotatable bonds is 20. The van der Waals surface area contributed by atoms with Crippen molar-refractivity contribution in [1.29, 1.82) is 0 Å². The Labute approximate surface area is 345 Å². The summed E-state index contributed by atoms with van der Waals surface area (Å²) in [6, 6.07) is 22.3. The fourth-order valence-corrected chi connectivity index (χ4v) is 8.17. The fourth-order valence-electron chi connectivity index (χ4n) is 6.53. The van der Waals surface area contributed by atoms with Gasteiger partial charge in [-0.05, 0) is 104 Å². The van der Waals surface area contributed by atoms with E-state index in [2.05, 4.69) is 38.1 Å². The monoisotopic (exact) mass is 828 g/mol. The number of carbonyl (C=O) groups is 4. The maximum atomic E-state index is 13.6. The Kier molecular flexibility index (Phi) is 16.2. The number of fused-ring (bicyclic) bond motifs is 1. The fraction of sp³-hybridized carbons (Fsp3) is 0.372. The number of methoxy groups -OCH3 is 1. The number of pyridine rings is 1. The van der Waals surface area contributed by atoms with E-state index in [0.717, 1.165) is 62.0 Å². The molecular formula is C43H52N6O9S. The molecule has 1 atom stereocenters. The molecule has 4 aromatic rings. The van der Waals surface area contributed by atoms with Crippen LogP contribution in [0.15, 0.2) is 83.8 Å². The van der Waals surface area contributed by atoms with Crippen LogP contribution in [0.25, 0.3) is 0 Å². The van der Waals surface area contributed by atoms with E-state index in [1.165, 1.54) is 5.56 Å². The Bertz CT molecular complexity index is 2160. The van der Waals surface area contributed by atoms with Gasteiger partial charge in [-0.3, -0.25) is 14.4 Å². The largest absolute Gasteiger partial charge is 0.494 e. The predicted molar refractivity (Wildman–Crippen MR) is 222 cm³/mol. The number of nitrogens with one attached hydrogen (secondary N) is 5. The number of aromatic nitrogens is 1. The van der Waals surface area contributed by atoms with Crippen LogP contribution in [0.2, 0.25) is 0 Å². The molecule has 1 aliphatic heterocycles. The molecule has 0 saturated carbocycles. The molecule has 59 heavy (non-hydrogen) atoms. The predicted octanol–water partition coefficient (Wildman–Crippen LogP) is 4.29. The Balaban J connectivity index is 1.04. The molecule has 1 aromatic heterocycles. The van der Waals surface area contributed by atoms with Gasteiger partial charge in [0, 0.05) is 43.9 Å². The molecule has 15 nitrogen and oxygen atoms in total. The summed E-state index contributed by atoms with van der Waals surface area (Å²) in [5.74, 6) is -0.198. The van der Waals surface area contributed by atoms with Gasteiger partial charge in [-0.25, -0.2) is 18.2 Å². The quantitative estimate of drug-likeness (QED) is 0.0628. The molecule has 1 unspecified atom stereocenters. The Morgan fingerprint density at radius 2 is 1.59 bits per heavy atom. The summed E-state index contributed by atoms with van der Waals surface area (Å²) in [6.45, 7) is 4.56. The number of nitrogens with zero attached hydrogens (tertiary/aromatic N) is 1. The third-order valence-corrected chi connectivity index (χ3v) is 11.3. The number of amides is 3. The van der Waals surface area contributed by atoms with Gasteiger partial charge < -0.3 is 35.5 Å². The van der Waals surface area contributed by atoms with Crippen LogP contribution in [0.1, 0.15) is 63.1 Å². The Morgan fingerprint density at radius 1 is 0.864 bits per heavy atom. The van der Waals surface area contributed by atoms with Gasteiger partial charge in [0.25, 0.3) is 5.91 Å². The van der Waals surface area contributed by atoms with E-state index in [9.17, 15) is 27.6 Å². The number of carbonyl (C=O) groups excluding carboxylic acids is 4. The second kappa shape index (κ2) is 21.7. The Morgan fingerprint density at radius 3 is 2.32 bits per heavy atom. The van der Waals surface area contributed by atoms with Crippen molar-refractivity contribution in [3.05, 3.63) is 118 Å². The van der Waals surface area contributed by atoms with Crippen LogP contribution in [0, 0.1) is 13.8 Å². The highest BCUT2D eigenvalue weighted by molar-refractivity contribution is 7.89. The van der Waals surface area contributed by atoms with Crippen molar-refractivity contribution in [1.82, 2.24) is 25.7 Å². The lowest BCUT2D eigenvalue weighted by Crippen LogP contribution is -2.49. The first-order valence-electron chi connectivity index (χ1n) is 19.6. The van der Waals surface area contributed by atoms with Crippen molar-refractivity contribution in [3.8, 4) is 5.75 Å². The normalized spacial score (nSPS) is 12.6. The second-order valence-electron chi connectivity index (χ2n) is 14.1. The molecule has 0 saturated heterocycles. The van der Waals surface area contributed by atoms with Crippen LogP contribution >= 0.6 is 0 Å². The number of anilines is 1. The summed E-state index contributed by atoms with van der Waals surface area (Å²) in [5.41, 5.74) is 5.21. The first-order chi connectivity index (χ1) is 28.4. The summed E-state index contributed by atoms with van der Waals surface area (Å²) >= 11 is 0. The number of ether oxygens (including phenoxy) is 3. The molecule has 0 bridgehead atoms. The van der Waals surface area contributed by atoms with E-state index in [0.29, 0.717) is 28.9 Å². The number of esters is 1. The minimum Gasteiger partial charge on any atom is -0.494 e. The number of aryl methyl sites for hydroxylation is 5. The highest BCUT2D eigenvalue weighted by Gasteiger charge is 2.29. The van der Waals surface area contributed by atoms with Crippen LogP contribution in [0.3, 0.4) is 0 Å². The van der Waals surface area contributed by atoms with Crippen LogP contribution in [0.4, 0.5) is 10.6 Å². The SMILES string of the molecule is COC(=O)C(CNC(=O)c1ccc(CCc2ccc3c(n2)NCCC3)cc1)NS(=O)(=O)c1c(C)cc(OCCCC(=O)NCCNC(=O)OCc2ccccc2)cc1C.